The SMILES string of the molecule is CCC1CCCCCN1C(=O)c1ccc(N)cc1Cl. The summed E-state index contributed by atoms with van der Waals surface area (Å²) in [7, 11) is 0. The Balaban J connectivity index is 2.25. The minimum Gasteiger partial charge on any atom is -0.399 e. The molecule has 1 aromatic rings. The Labute approximate surface area is 119 Å². The van der Waals surface area contributed by atoms with Crippen LogP contribution in [0.4, 0.5) is 5.69 Å². The average molecular weight is 281 g/mol. The summed E-state index contributed by atoms with van der Waals surface area (Å²) in [6, 6.07) is 5.45. The summed E-state index contributed by atoms with van der Waals surface area (Å²) >= 11 is 6.15. The fourth-order valence-electron chi connectivity index (χ4n) is 2.73. The maximum Gasteiger partial charge on any atom is 0.255 e. The largest absolute Gasteiger partial charge is 0.399 e. The molecule has 1 heterocycles. The lowest BCUT2D eigenvalue weighted by Crippen LogP contribution is -2.39. The minimum atomic E-state index is 0.0405. The highest BCUT2D eigenvalue weighted by Gasteiger charge is 2.26. The minimum absolute atomic E-state index is 0.0405. The number of likely N-dealkylation sites (tertiary alicyclic amines) is 1. The zero-order chi connectivity index (χ0) is 13.8. The number of nitrogen functional groups attached to an aromatic ring is 1. The third-order valence-electron chi connectivity index (χ3n) is 3.83. The first-order chi connectivity index (χ1) is 9.13. The molecule has 1 saturated heterocycles. The van der Waals surface area contributed by atoms with Gasteiger partial charge in [0.1, 0.15) is 0 Å². The van der Waals surface area contributed by atoms with Gasteiger partial charge in [-0.15, -0.1) is 0 Å². The van der Waals surface area contributed by atoms with Gasteiger partial charge in [-0.05, 0) is 37.5 Å². The maximum atomic E-state index is 12.7. The van der Waals surface area contributed by atoms with E-state index in [1.54, 1.807) is 18.2 Å². The normalized spacial score (nSPS) is 20.1. The maximum absolute atomic E-state index is 12.7. The molecule has 0 spiro atoms. The molecule has 3 nitrogen and oxygen atoms in total. The molecule has 0 aromatic heterocycles. The van der Waals surface area contributed by atoms with Gasteiger partial charge in [0.05, 0.1) is 10.6 Å². The van der Waals surface area contributed by atoms with E-state index in [1.807, 2.05) is 4.90 Å². The van der Waals surface area contributed by atoms with Gasteiger partial charge in [-0.1, -0.05) is 31.4 Å². The molecular formula is C15H21ClN2O. The van der Waals surface area contributed by atoms with Gasteiger partial charge in [-0.3, -0.25) is 4.79 Å². The fraction of sp³-hybridized carbons (Fsp3) is 0.533. The van der Waals surface area contributed by atoms with Crippen molar-refractivity contribution in [2.75, 3.05) is 12.3 Å². The third-order valence-corrected chi connectivity index (χ3v) is 4.15. The van der Waals surface area contributed by atoms with Gasteiger partial charge in [-0.25, -0.2) is 0 Å². The molecule has 1 aliphatic rings. The molecule has 0 saturated carbocycles. The van der Waals surface area contributed by atoms with Crippen molar-refractivity contribution in [3.05, 3.63) is 28.8 Å². The van der Waals surface area contributed by atoms with Crippen LogP contribution < -0.4 is 5.73 Å². The number of halogens is 1. The van der Waals surface area contributed by atoms with Crippen molar-refractivity contribution >= 4 is 23.2 Å². The highest BCUT2D eigenvalue weighted by atomic mass is 35.5. The molecule has 0 bridgehead atoms. The first-order valence-corrected chi connectivity index (χ1v) is 7.37. The van der Waals surface area contributed by atoms with E-state index in [4.69, 9.17) is 17.3 Å². The van der Waals surface area contributed by atoms with Crippen molar-refractivity contribution in [2.24, 2.45) is 0 Å². The zero-order valence-corrected chi connectivity index (χ0v) is 12.1. The Bertz CT molecular complexity index is 461. The molecule has 104 valence electrons. The first-order valence-electron chi connectivity index (χ1n) is 6.99. The molecular weight excluding hydrogens is 260 g/mol. The summed E-state index contributed by atoms with van der Waals surface area (Å²) in [6.45, 7) is 2.97. The van der Waals surface area contributed by atoms with Crippen LogP contribution in [-0.2, 0) is 0 Å². The van der Waals surface area contributed by atoms with Crippen LogP contribution in [0.1, 0.15) is 49.4 Å². The number of amides is 1. The van der Waals surface area contributed by atoms with Gasteiger partial charge >= 0.3 is 0 Å². The van der Waals surface area contributed by atoms with E-state index in [0.29, 0.717) is 22.3 Å². The monoisotopic (exact) mass is 280 g/mol. The van der Waals surface area contributed by atoms with E-state index < -0.39 is 0 Å². The number of carbonyl (C=O) groups is 1. The van der Waals surface area contributed by atoms with Crippen molar-refractivity contribution in [1.29, 1.82) is 0 Å². The van der Waals surface area contributed by atoms with Gasteiger partial charge in [-0.2, -0.15) is 0 Å². The number of benzene rings is 1. The number of rotatable bonds is 2. The number of anilines is 1. The lowest BCUT2D eigenvalue weighted by Gasteiger charge is -2.29. The van der Waals surface area contributed by atoms with Crippen molar-refractivity contribution in [3.8, 4) is 0 Å². The van der Waals surface area contributed by atoms with Crippen LogP contribution >= 0.6 is 11.6 Å². The average Bonchev–Trinajstić information content (AvgIpc) is 2.63. The Kier molecular flexibility index (Phi) is 4.70. The van der Waals surface area contributed by atoms with Crippen LogP contribution in [0.2, 0.25) is 5.02 Å². The summed E-state index contributed by atoms with van der Waals surface area (Å²) in [6.07, 6.45) is 5.58. The smallest absolute Gasteiger partial charge is 0.255 e. The number of carbonyl (C=O) groups excluding carboxylic acids is 1. The molecule has 2 rings (SSSR count). The Morgan fingerprint density at radius 2 is 2.21 bits per heavy atom. The van der Waals surface area contributed by atoms with Crippen molar-refractivity contribution in [1.82, 2.24) is 4.90 Å². The molecule has 0 aliphatic carbocycles. The van der Waals surface area contributed by atoms with Crippen molar-refractivity contribution in [3.63, 3.8) is 0 Å². The summed E-state index contributed by atoms with van der Waals surface area (Å²) in [5.74, 6) is 0.0405. The quantitative estimate of drug-likeness (QED) is 0.839. The Morgan fingerprint density at radius 3 is 2.89 bits per heavy atom. The zero-order valence-electron chi connectivity index (χ0n) is 11.4. The summed E-state index contributed by atoms with van der Waals surface area (Å²) < 4.78 is 0. The van der Waals surface area contributed by atoms with E-state index >= 15 is 0 Å². The highest BCUT2D eigenvalue weighted by Crippen LogP contribution is 2.25. The molecule has 19 heavy (non-hydrogen) atoms. The van der Waals surface area contributed by atoms with Gasteiger partial charge in [0.2, 0.25) is 0 Å². The molecule has 2 N–H and O–H groups in total. The van der Waals surface area contributed by atoms with Gasteiger partial charge in [0.15, 0.2) is 0 Å². The highest BCUT2D eigenvalue weighted by molar-refractivity contribution is 6.34. The Morgan fingerprint density at radius 1 is 1.42 bits per heavy atom. The predicted molar refractivity (Wildman–Crippen MR) is 79.4 cm³/mol. The topological polar surface area (TPSA) is 46.3 Å². The van der Waals surface area contributed by atoms with Crippen LogP contribution in [0.25, 0.3) is 0 Å². The van der Waals surface area contributed by atoms with E-state index in [-0.39, 0.29) is 5.91 Å². The summed E-state index contributed by atoms with van der Waals surface area (Å²) in [4.78, 5) is 14.6. The second-order valence-corrected chi connectivity index (χ2v) is 5.56. The summed E-state index contributed by atoms with van der Waals surface area (Å²) in [5.41, 5.74) is 6.83. The van der Waals surface area contributed by atoms with Crippen molar-refractivity contribution < 1.29 is 4.79 Å². The molecule has 1 atom stereocenters. The fourth-order valence-corrected chi connectivity index (χ4v) is 3.00. The van der Waals surface area contributed by atoms with E-state index in [2.05, 4.69) is 6.92 Å². The predicted octanol–water partition coefficient (Wildman–Crippen LogP) is 3.72. The third kappa shape index (κ3) is 3.21. The molecule has 1 unspecified atom stereocenters. The van der Waals surface area contributed by atoms with E-state index in [0.717, 1.165) is 25.8 Å². The van der Waals surface area contributed by atoms with Gasteiger partial charge in [0.25, 0.3) is 5.91 Å². The molecule has 4 heteroatoms. The number of hydrogen-bond acceptors (Lipinski definition) is 2. The number of nitrogens with zero attached hydrogens (tertiary/aromatic N) is 1. The molecule has 1 aromatic carbocycles. The van der Waals surface area contributed by atoms with E-state index in [9.17, 15) is 4.79 Å². The second-order valence-electron chi connectivity index (χ2n) is 5.15. The molecule has 1 aliphatic heterocycles. The molecule has 1 fully saturated rings. The molecule has 1 amide bonds. The molecule has 0 radical (unpaired) electrons. The number of nitrogens with two attached hydrogens (primary N) is 1. The van der Waals surface area contributed by atoms with Crippen LogP contribution in [0.5, 0.6) is 0 Å². The van der Waals surface area contributed by atoms with Gasteiger partial charge in [0, 0.05) is 18.3 Å². The van der Waals surface area contributed by atoms with Crippen LogP contribution in [0.3, 0.4) is 0 Å². The van der Waals surface area contributed by atoms with Crippen molar-refractivity contribution in [2.45, 2.75) is 45.1 Å². The second kappa shape index (κ2) is 6.29. The lowest BCUT2D eigenvalue weighted by atomic mass is 10.1. The van der Waals surface area contributed by atoms with E-state index in [1.165, 1.54) is 12.8 Å². The number of hydrogen-bond donors (Lipinski definition) is 1. The first kappa shape index (κ1) is 14.2. The van der Waals surface area contributed by atoms with Crippen LogP contribution in [-0.4, -0.2) is 23.4 Å². The lowest BCUT2D eigenvalue weighted by molar-refractivity contribution is 0.0678. The Hall–Kier alpha value is -1.22. The van der Waals surface area contributed by atoms with Crippen LogP contribution in [0, 0.1) is 0 Å². The van der Waals surface area contributed by atoms with Gasteiger partial charge < -0.3 is 10.6 Å². The standard InChI is InChI=1S/C15H21ClN2O/c1-2-12-6-4-3-5-9-18(12)15(19)13-8-7-11(17)10-14(13)16/h7-8,10,12H,2-6,9,17H2,1H3. The van der Waals surface area contributed by atoms with Crippen LogP contribution in [0.15, 0.2) is 18.2 Å². The summed E-state index contributed by atoms with van der Waals surface area (Å²) in [5, 5.41) is 0.448.